The van der Waals surface area contributed by atoms with Gasteiger partial charge < -0.3 is 0 Å². The summed E-state index contributed by atoms with van der Waals surface area (Å²) in [6, 6.07) is 0. The first-order valence-corrected chi connectivity index (χ1v) is 7.18. The molecule has 0 bridgehead atoms. The number of halogens is 1. The lowest BCUT2D eigenvalue weighted by Gasteiger charge is -2.28. The third-order valence-corrected chi connectivity index (χ3v) is 3.70. The zero-order valence-corrected chi connectivity index (χ0v) is 10.6. The first-order chi connectivity index (χ1) is 6.68. The van der Waals surface area contributed by atoms with Crippen molar-refractivity contribution in [1.82, 2.24) is 0 Å². The molecule has 0 fully saturated rings. The molecule has 81 valence electrons. The van der Waals surface area contributed by atoms with E-state index in [0.717, 1.165) is 12.8 Å². The third kappa shape index (κ3) is 6.83. The van der Waals surface area contributed by atoms with Crippen molar-refractivity contribution < 1.29 is 9.05 Å². The van der Waals surface area contributed by atoms with Gasteiger partial charge in [-0.2, -0.15) is 0 Å². The van der Waals surface area contributed by atoms with E-state index in [1.807, 2.05) is 25.7 Å². The van der Waals surface area contributed by atoms with Gasteiger partial charge in [0.1, 0.15) is 0 Å². The Labute approximate surface area is 93.9 Å². The molecule has 0 aliphatic rings. The fourth-order valence-electron chi connectivity index (χ4n) is 0.943. The van der Waals surface area contributed by atoms with Crippen LogP contribution in [0.2, 0.25) is 0 Å². The Hall–Kier alpha value is 0.445. The van der Waals surface area contributed by atoms with Gasteiger partial charge in [-0.05, 0) is 32.8 Å². The van der Waals surface area contributed by atoms with Gasteiger partial charge in [0.2, 0.25) is 0 Å². The highest BCUT2D eigenvalue weighted by molar-refractivity contribution is 7.92. The summed E-state index contributed by atoms with van der Waals surface area (Å²) in [7, 11) is 3.72. The molecule has 2 nitrogen and oxygen atoms in total. The molecule has 0 unspecified atom stereocenters. The van der Waals surface area contributed by atoms with E-state index in [2.05, 4.69) is 0 Å². The quantitative estimate of drug-likeness (QED) is 0.277. The smallest absolute Gasteiger partial charge is 0.0852 e. The molecular formula is C9H18BClO2P. The summed E-state index contributed by atoms with van der Waals surface area (Å²) in [5.41, 5.74) is 0. The van der Waals surface area contributed by atoms with Crippen molar-refractivity contribution in [1.29, 1.82) is 0 Å². The minimum absolute atomic E-state index is 0.574. The van der Waals surface area contributed by atoms with Crippen LogP contribution in [0.15, 0.2) is 11.9 Å². The van der Waals surface area contributed by atoms with Crippen LogP contribution in [-0.2, 0) is 9.05 Å². The molecule has 0 atom stereocenters. The van der Waals surface area contributed by atoms with Gasteiger partial charge in [-0.3, -0.25) is 9.05 Å². The Bertz CT molecular complexity index is 161. The first kappa shape index (κ1) is 14.4. The molecule has 0 aromatic heterocycles. The minimum atomic E-state index is -2.23. The highest BCUT2D eigenvalue weighted by Gasteiger charge is 2.15. The van der Waals surface area contributed by atoms with Crippen LogP contribution >= 0.6 is 19.2 Å². The van der Waals surface area contributed by atoms with Crippen LogP contribution in [0.1, 0.15) is 26.7 Å². The molecule has 0 saturated heterocycles. The van der Waals surface area contributed by atoms with E-state index in [4.69, 9.17) is 28.2 Å². The summed E-state index contributed by atoms with van der Waals surface area (Å²) in [5.74, 6) is 2.52. The van der Waals surface area contributed by atoms with Gasteiger partial charge in [0.25, 0.3) is 0 Å². The molecule has 14 heavy (non-hydrogen) atoms. The summed E-state index contributed by atoms with van der Waals surface area (Å²) in [6.45, 7) is 4.97. The van der Waals surface area contributed by atoms with E-state index in [1.54, 1.807) is 0 Å². The first-order valence-electron chi connectivity index (χ1n) is 4.88. The lowest BCUT2D eigenvalue weighted by Crippen LogP contribution is -2.00. The molecule has 0 aromatic rings. The normalized spacial score (nSPS) is 12.6. The number of hydrogen-bond donors (Lipinski definition) is 0. The van der Waals surface area contributed by atoms with E-state index in [1.165, 1.54) is 0 Å². The summed E-state index contributed by atoms with van der Waals surface area (Å²) in [6.07, 6.45) is 3.86. The third-order valence-electron chi connectivity index (χ3n) is 1.48. The minimum Gasteiger partial charge on any atom is -0.260 e. The largest absolute Gasteiger partial charge is 0.260 e. The van der Waals surface area contributed by atoms with Crippen molar-refractivity contribution in [2.45, 2.75) is 26.7 Å². The van der Waals surface area contributed by atoms with Crippen LogP contribution in [0.25, 0.3) is 0 Å². The number of unbranched alkanes of at least 4 members (excludes halogenated alkanes) is 1. The van der Waals surface area contributed by atoms with Crippen molar-refractivity contribution in [3.63, 3.8) is 0 Å². The van der Waals surface area contributed by atoms with Gasteiger partial charge in [-0.1, -0.05) is 0 Å². The zero-order valence-electron chi connectivity index (χ0n) is 8.91. The zero-order chi connectivity index (χ0) is 10.9. The molecule has 0 rings (SSSR count). The monoisotopic (exact) mass is 235 g/mol. The molecule has 0 amide bonds. The van der Waals surface area contributed by atoms with Gasteiger partial charge in [0, 0.05) is 13.5 Å². The van der Waals surface area contributed by atoms with Gasteiger partial charge in [0.15, 0.2) is 0 Å². The van der Waals surface area contributed by atoms with Gasteiger partial charge in [-0.25, -0.2) is 7.57 Å². The van der Waals surface area contributed by atoms with Crippen LogP contribution in [-0.4, -0.2) is 26.7 Å². The van der Waals surface area contributed by atoms with E-state index in [0.29, 0.717) is 19.1 Å². The molecule has 0 aliphatic carbocycles. The molecule has 5 heteroatoms. The average Bonchev–Trinajstić information content (AvgIpc) is 2.13. The fourth-order valence-corrected chi connectivity index (χ4v) is 2.59. The van der Waals surface area contributed by atoms with E-state index in [9.17, 15) is 0 Å². The Morgan fingerprint density at radius 2 is 1.86 bits per heavy atom. The van der Waals surface area contributed by atoms with Crippen molar-refractivity contribution in [2.75, 3.05) is 19.1 Å². The van der Waals surface area contributed by atoms with Gasteiger partial charge in [0.05, 0.1) is 19.0 Å². The maximum atomic E-state index is 5.95. The van der Waals surface area contributed by atoms with Crippen LogP contribution < -0.4 is 0 Å². The summed E-state index contributed by atoms with van der Waals surface area (Å²) < 4.78 is 10.8. The van der Waals surface area contributed by atoms with E-state index < -0.39 is 7.59 Å². The van der Waals surface area contributed by atoms with Gasteiger partial charge in [-0.15, -0.1) is 11.6 Å². The second-order valence-corrected chi connectivity index (χ2v) is 5.18. The topological polar surface area (TPSA) is 18.5 Å². The van der Waals surface area contributed by atoms with Gasteiger partial charge >= 0.3 is 0 Å². The second-order valence-electron chi connectivity index (χ2n) is 2.70. The molecule has 0 saturated carbocycles. The Kier molecular flexibility index (Phi) is 9.01. The average molecular weight is 235 g/mol. The highest BCUT2D eigenvalue weighted by atomic mass is 35.5. The molecule has 0 spiro atoms. The molecule has 0 aromatic carbocycles. The lowest BCUT2D eigenvalue weighted by molar-refractivity contribution is 0.269. The van der Waals surface area contributed by atoms with E-state index >= 15 is 0 Å². The molecule has 0 heterocycles. The Morgan fingerprint density at radius 3 is 2.29 bits per heavy atom. The fraction of sp³-hybridized carbons (Fsp3) is 0.778. The number of allylic oxidation sites excluding steroid dienone is 1. The van der Waals surface area contributed by atoms with Crippen LogP contribution in [0.4, 0.5) is 0 Å². The summed E-state index contributed by atoms with van der Waals surface area (Å²) in [5, 5.41) is 0. The second kappa shape index (κ2) is 8.73. The Morgan fingerprint density at radius 1 is 1.29 bits per heavy atom. The van der Waals surface area contributed by atoms with Crippen molar-refractivity contribution in [2.24, 2.45) is 0 Å². The number of rotatable bonds is 8. The number of alkyl halides is 1. The maximum Gasteiger partial charge on any atom is 0.0852 e. The van der Waals surface area contributed by atoms with Crippen molar-refractivity contribution in [3.05, 3.63) is 11.9 Å². The van der Waals surface area contributed by atoms with Crippen molar-refractivity contribution in [3.8, 4) is 0 Å². The van der Waals surface area contributed by atoms with Crippen LogP contribution in [0, 0.1) is 0 Å². The van der Waals surface area contributed by atoms with Crippen molar-refractivity contribution >= 4 is 26.8 Å². The van der Waals surface area contributed by atoms with E-state index in [-0.39, 0.29) is 0 Å². The molecule has 3 radical (unpaired) electrons. The standard InChI is InChI=1S/C9H18BClO2P/c1-3-12-14(10,13-4-2)9-7-5-6-8-11/h7,9H,3-6,8H2,1-2H3/b9-7-. The van der Waals surface area contributed by atoms with Crippen LogP contribution in [0.3, 0.4) is 0 Å². The number of hydrogen-bond acceptors (Lipinski definition) is 2. The molecule has 0 aliphatic heterocycles. The highest BCUT2D eigenvalue weighted by Crippen LogP contribution is 2.57. The Balaban J connectivity index is 3.99. The summed E-state index contributed by atoms with van der Waals surface area (Å²) >= 11 is 5.56. The predicted molar refractivity (Wildman–Crippen MR) is 65.0 cm³/mol. The lowest BCUT2D eigenvalue weighted by atomic mass is 10.3. The predicted octanol–water partition coefficient (Wildman–Crippen LogP) is 3.52. The maximum absolute atomic E-state index is 5.95. The SMILES string of the molecule is [B-][P+](/C=C\CCCCl)(OCC)OCC. The molecule has 0 N–H and O–H groups in total. The molecular weight excluding hydrogens is 217 g/mol. The van der Waals surface area contributed by atoms with Crippen LogP contribution in [0.5, 0.6) is 0 Å². The summed E-state index contributed by atoms with van der Waals surface area (Å²) in [4.78, 5) is 0.